The van der Waals surface area contributed by atoms with Crippen LogP contribution in [0.1, 0.15) is 34.4 Å². The lowest BCUT2D eigenvalue weighted by atomic mass is 10.1. The smallest absolute Gasteiger partial charge is 0.257 e. The summed E-state index contributed by atoms with van der Waals surface area (Å²) in [5.41, 5.74) is 1.54. The van der Waals surface area contributed by atoms with E-state index in [9.17, 15) is 9.59 Å². The highest BCUT2D eigenvalue weighted by molar-refractivity contribution is 7.16. The molecule has 1 amide bonds. The van der Waals surface area contributed by atoms with Crippen molar-refractivity contribution >= 4 is 28.0 Å². The number of hydrogen-bond acceptors (Lipinski definition) is 6. The van der Waals surface area contributed by atoms with Crippen LogP contribution in [0.5, 0.6) is 5.75 Å². The monoisotopic (exact) mass is 372 g/mol. The highest BCUT2D eigenvalue weighted by Crippen LogP contribution is 2.14. The quantitative estimate of drug-likeness (QED) is 0.614. The van der Waals surface area contributed by atoms with E-state index in [1.165, 1.54) is 11.3 Å². The molecule has 0 aliphatic carbocycles. The van der Waals surface area contributed by atoms with E-state index in [4.69, 9.17) is 4.74 Å². The third kappa shape index (κ3) is 4.45. The van der Waals surface area contributed by atoms with E-state index in [0.717, 1.165) is 15.7 Å². The first-order valence-corrected chi connectivity index (χ1v) is 9.21. The first kappa shape index (κ1) is 18.1. The van der Waals surface area contributed by atoms with Crippen molar-refractivity contribution in [1.29, 1.82) is 0 Å². The molecule has 136 valence electrons. The molecule has 0 unspecified atom stereocenters. The van der Waals surface area contributed by atoms with Crippen LogP contribution in [0.4, 0.5) is 0 Å². The van der Waals surface area contributed by atoms with Gasteiger partial charge in [0.25, 0.3) is 5.91 Å². The Morgan fingerprint density at radius 1 is 1.27 bits per heavy atom. The summed E-state index contributed by atoms with van der Waals surface area (Å²) in [6.07, 6.45) is 2.97. The summed E-state index contributed by atoms with van der Waals surface area (Å²) >= 11 is 1.53. The zero-order chi connectivity index (χ0) is 18.5. The Morgan fingerprint density at radius 3 is 2.73 bits per heavy atom. The van der Waals surface area contributed by atoms with Crippen LogP contribution in [-0.2, 0) is 11.2 Å². The number of carbonyl (C=O) groups is 2. The van der Waals surface area contributed by atoms with Gasteiger partial charge in [0.15, 0.2) is 12.4 Å². The third-order valence-electron chi connectivity index (χ3n) is 3.76. The molecule has 0 bridgehead atoms. The van der Waals surface area contributed by atoms with Crippen molar-refractivity contribution in [3.05, 3.63) is 46.7 Å². The molecule has 7 nitrogen and oxygen atoms in total. The summed E-state index contributed by atoms with van der Waals surface area (Å²) in [6, 6.07) is 6.81. The van der Waals surface area contributed by atoms with Crippen LogP contribution in [-0.4, -0.2) is 39.4 Å². The standard InChI is InChI=1S/C18H20N4O3S/c1-3-16(23)13-4-6-15(7-5-13)25-11-17(24)19-9-8-14-10-22-18(20-14)26-12(2)21-22/h4-7,10H,3,8-9,11H2,1-2H3,(H,19,24). The Labute approximate surface area is 155 Å². The SMILES string of the molecule is CCC(=O)c1ccc(OCC(=O)NCCc2cn3nc(C)sc3n2)cc1. The molecule has 3 aromatic rings. The van der Waals surface area contributed by atoms with E-state index in [0.29, 0.717) is 30.7 Å². The molecule has 0 radical (unpaired) electrons. The zero-order valence-electron chi connectivity index (χ0n) is 14.7. The van der Waals surface area contributed by atoms with E-state index in [1.807, 2.05) is 20.0 Å². The molecule has 3 rings (SSSR count). The highest BCUT2D eigenvalue weighted by Gasteiger charge is 2.08. The molecule has 26 heavy (non-hydrogen) atoms. The number of ether oxygens (including phenoxy) is 1. The lowest BCUT2D eigenvalue weighted by molar-refractivity contribution is -0.123. The summed E-state index contributed by atoms with van der Waals surface area (Å²) in [4.78, 5) is 28.8. The third-order valence-corrected chi connectivity index (χ3v) is 4.60. The molecule has 0 saturated heterocycles. The number of fused-ring (bicyclic) bond motifs is 1. The minimum atomic E-state index is -0.200. The van der Waals surface area contributed by atoms with E-state index in [-0.39, 0.29) is 18.3 Å². The molecule has 8 heteroatoms. The Morgan fingerprint density at radius 2 is 2.04 bits per heavy atom. The summed E-state index contributed by atoms with van der Waals surface area (Å²) in [5.74, 6) is 0.441. The van der Waals surface area contributed by atoms with Crippen LogP contribution >= 0.6 is 11.3 Å². The molecule has 1 aromatic carbocycles. The zero-order valence-corrected chi connectivity index (χ0v) is 15.5. The van der Waals surface area contributed by atoms with E-state index < -0.39 is 0 Å². The number of Topliss-reactive ketones (excluding diaryl/α,β-unsaturated/α-hetero) is 1. The Bertz CT molecular complexity index is 883. The minimum Gasteiger partial charge on any atom is -0.484 e. The molecular formula is C18H20N4O3S. The number of amides is 1. The number of rotatable bonds is 8. The van der Waals surface area contributed by atoms with Gasteiger partial charge in [-0.05, 0) is 31.2 Å². The largest absolute Gasteiger partial charge is 0.484 e. The van der Waals surface area contributed by atoms with Crippen molar-refractivity contribution in [1.82, 2.24) is 19.9 Å². The van der Waals surface area contributed by atoms with E-state index >= 15 is 0 Å². The molecule has 2 aromatic heterocycles. The van der Waals surface area contributed by atoms with Crippen LogP contribution < -0.4 is 10.1 Å². The number of aryl methyl sites for hydroxylation is 1. The Balaban J connectivity index is 1.41. The molecule has 0 spiro atoms. The highest BCUT2D eigenvalue weighted by atomic mass is 32.1. The molecule has 0 aliphatic rings. The molecule has 0 fully saturated rings. The van der Waals surface area contributed by atoms with E-state index in [2.05, 4.69) is 15.4 Å². The van der Waals surface area contributed by atoms with Gasteiger partial charge in [0.2, 0.25) is 4.96 Å². The lowest BCUT2D eigenvalue weighted by Gasteiger charge is -2.07. The topological polar surface area (TPSA) is 85.6 Å². The number of imidazole rings is 1. The second kappa shape index (κ2) is 8.09. The molecule has 0 aliphatic heterocycles. The van der Waals surface area contributed by atoms with Gasteiger partial charge in [-0.1, -0.05) is 18.3 Å². The van der Waals surface area contributed by atoms with Gasteiger partial charge in [0.05, 0.1) is 11.9 Å². The fraction of sp³-hybridized carbons (Fsp3) is 0.333. The molecule has 1 N–H and O–H groups in total. The Kier molecular flexibility index (Phi) is 5.62. The van der Waals surface area contributed by atoms with Crippen molar-refractivity contribution in [3.63, 3.8) is 0 Å². The van der Waals surface area contributed by atoms with E-state index in [1.54, 1.807) is 28.8 Å². The maximum Gasteiger partial charge on any atom is 0.257 e. The maximum atomic E-state index is 11.9. The first-order valence-electron chi connectivity index (χ1n) is 8.39. The normalized spacial score (nSPS) is 10.8. The number of benzene rings is 1. The first-order chi connectivity index (χ1) is 12.5. The number of carbonyl (C=O) groups excluding carboxylic acids is 2. The summed E-state index contributed by atoms with van der Waals surface area (Å²) in [5, 5.41) is 8.08. The number of hydrogen-bond donors (Lipinski definition) is 1. The van der Waals surface area contributed by atoms with Gasteiger partial charge in [-0.25, -0.2) is 9.50 Å². The van der Waals surface area contributed by atoms with Crippen molar-refractivity contribution in [2.75, 3.05) is 13.2 Å². The lowest BCUT2D eigenvalue weighted by Crippen LogP contribution is -2.30. The van der Waals surface area contributed by atoms with Crippen LogP contribution in [0.2, 0.25) is 0 Å². The van der Waals surface area contributed by atoms with Crippen molar-refractivity contribution in [3.8, 4) is 5.75 Å². The van der Waals surface area contributed by atoms with Crippen LogP contribution in [0.3, 0.4) is 0 Å². The average Bonchev–Trinajstić information content (AvgIpc) is 3.16. The van der Waals surface area contributed by atoms with Gasteiger partial charge in [0, 0.05) is 24.9 Å². The predicted octanol–water partition coefficient (Wildman–Crippen LogP) is 2.43. The predicted molar refractivity (Wildman–Crippen MR) is 98.9 cm³/mol. The minimum absolute atomic E-state index is 0.0693. The molecular weight excluding hydrogens is 352 g/mol. The van der Waals surface area contributed by atoms with Gasteiger partial charge in [-0.2, -0.15) is 5.10 Å². The second-order valence-electron chi connectivity index (χ2n) is 5.77. The van der Waals surface area contributed by atoms with Gasteiger partial charge < -0.3 is 10.1 Å². The van der Waals surface area contributed by atoms with Gasteiger partial charge in [-0.15, -0.1) is 0 Å². The number of aromatic nitrogens is 3. The number of ketones is 1. The summed E-state index contributed by atoms with van der Waals surface area (Å²) in [6.45, 7) is 4.17. The van der Waals surface area contributed by atoms with Crippen molar-refractivity contribution < 1.29 is 14.3 Å². The maximum absolute atomic E-state index is 11.9. The van der Waals surface area contributed by atoms with Gasteiger partial charge in [0.1, 0.15) is 10.8 Å². The Hall–Kier alpha value is -2.74. The van der Waals surface area contributed by atoms with Gasteiger partial charge >= 0.3 is 0 Å². The summed E-state index contributed by atoms with van der Waals surface area (Å²) in [7, 11) is 0. The second-order valence-corrected chi connectivity index (χ2v) is 6.93. The fourth-order valence-electron chi connectivity index (χ4n) is 2.44. The van der Waals surface area contributed by atoms with Crippen LogP contribution in [0, 0.1) is 6.92 Å². The average molecular weight is 372 g/mol. The fourth-order valence-corrected chi connectivity index (χ4v) is 3.18. The summed E-state index contributed by atoms with van der Waals surface area (Å²) < 4.78 is 7.19. The number of nitrogens with zero attached hydrogens (tertiary/aromatic N) is 3. The van der Waals surface area contributed by atoms with Crippen molar-refractivity contribution in [2.24, 2.45) is 0 Å². The van der Waals surface area contributed by atoms with Crippen molar-refractivity contribution in [2.45, 2.75) is 26.7 Å². The van der Waals surface area contributed by atoms with Gasteiger partial charge in [-0.3, -0.25) is 9.59 Å². The molecule has 0 atom stereocenters. The van der Waals surface area contributed by atoms with Crippen LogP contribution in [0.25, 0.3) is 4.96 Å². The van der Waals surface area contributed by atoms with Crippen LogP contribution in [0.15, 0.2) is 30.5 Å². The molecule has 2 heterocycles. The molecule has 0 saturated carbocycles. The number of nitrogens with one attached hydrogen (secondary N) is 1.